The molecule has 0 spiro atoms. The van der Waals surface area contributed by atoms with Crippen LogP contribution < -0.4 is 0 Å². The Kier molecular flexibility index (Phi) is 2.39. The summed E-state index contributed by atoms with van der Waals surface area (Å²) in [4.78, 5) is 0. The van der Waals surface area contributed by atoms with Gasteiger partial charge in [-0.25, -0.2) is 0 Å². The molecule has 2 fully saturated rings. The first-order valence-electron chi connectivity index (χ1n) is 6.04. The number of fused-ring (bicyclic) bond motifs is 1. The highest BCUT2D eigenvalue weighted by molar-refractivity contribution is 7.50. The van der Waals surface area contributed by atoms with Crippen LogP contribution in [-0.2, 0) is 6.42 Å². The van der Waals surface area contributed by atoms with Crippen LogP contribution >= 0.6 is 20.2 Å². The van der Waals surface area contributed by atoms with E-state index in [-0.39, 0.29) is 0 Å². The minimum absolute atomic E-state index is 0.602. The molecule has 1 aromatic rings. The molecule has 3 atom stereocenters. The number of benzene rings is 1. The zero-order chi connectivity index (χ0) is 11.4. The van der Waals surface area contributed by atoms with Gasteiger partial charge in [0.25, 0.3) is 0 Å². The summed E-state index contributed by atoms with van der Waals surface area (Å²) in [6.45, 7) is 4.89. The van der Waals surface area contributed by atoms with Crippen molar-refractivity contribution in [1.82, 2.24) is 0 Å². The standard InChI is InChI=1S/C14H18ClP/c1-13(2)7-8-14(12(13)16-14)9-10-3-5-11(15)6-4-10/h3-6,12,16H,7-9H2,1-2H3/t12?,14-/m1/s1. The van der Waals surface area contributed by atoms with Gasteiger partial charge in [0.05, 0.1) is 0 Å². The number of halogens is 1. The van der Waals surface area contributed by atoms with E-state index in [4.69, 9.17) is 11.6 Å². The Balaban J connectivity index is 1.76. The second kappa shape index (κ2) is 3.47. The molecule has 1 aliphatic heterocycles. The minimum atomic E-state index is 0.602. The summed E-state index contributed by atoms with van der Waals surface area (Å²) in [5.41, 5.74) is 3.07. The van der Waals surface area contributed by atoms with Gasteiger partial charge in [0.15, 0.2) is 0 Å². The Hall–Kier alpha value is -0.0600. The van der Waals surface area contributed by atoms with Crippen LogP contribution in [0.5, 0.6) is 0 Å². The molecule has 2 unspecified atom stereocenters. The maximum Gasteiger partial charge on any atom is 0.0406 e. The van der Waals surface area contributed by atoms with E-state index in [1.807, 2.05) is 12.1 Å². The van der Waals surface area contributed by atoms with E-state index in [1.54, 1.807) is 0 Å². The summed E-state index contributed by atoms with van der Waals surface area (Å²) in [6, 6.07) is 8.44. The average molecular weight is 253 g/mol. The van der Waals surface area contributed by atoms with Gasteiger partial charge >= 0.3 is 0 Å². The van der Waals surface area contributed by atoms with Gasteiger partial charge in [-0.1, -0.05) is 37.6 Å². The summed E-state index contributed by atoms with van der Waals surface area (Å²) < 4.78 is 0. The fourth-order valence-corrected chi connectivity index (χ4v) is 5.67. The minimum Gasteiger partial charge on any atom is -0.110 e. The summed E-state index contributed by atoms with van der Waals surface area (Å²) >= 11 is 5.92. The Morgan fingerprint density at radius 2 is 1.94 bits per heavy atom. The zero-order valence-corrected chi connectivity index (χ0v) is 11.6. The second-order valence-electron chi connectivity index (χ2n) is 6.03. The van der Waals surface area contributed by atoms with Crippen molar-refractivity contribution in [3.8, 4) is 0 Å². The van der Waals surface area contributed by atoms with Crippen LogP contribution in [0.1, 0.15) is 32.3 Å². The average Bonchev–Trinajstić information content (AvgIpc) is 2.90. The third-order valence-corrected chi connectivity index (χ3v) is 7.18. The molecule has 1 saturated carbocycles. The number of rotatable bonds is 2. The number of hydrogen-bond donors (Lipinski definition) is 0. The molecule has 1 saturated heterocycles. The first-order chi connectivity index (χ1) is 7.52. The Morgan fingerprint density at radius 1 is 1.25 bits per heavy atom. The van der Waals surface area contributed by atoms with Crippen molar-refractivity contribution in [1.29, 1.82) is 0 Å². The maximum absolute atomic E-state index is 5.92. The fourth-order valence-electron chi connectivity index (χ4n) is 3.30. The Morgan fingerprint density at radius 3 is 2.44 bits per heavy atom. The van der Waals surface area contributed by atoms with Crippen LogP contribution in [0.15, 0.2) is 24.3 Å². The molecule has 0 nitrogen and oxygen atoms in total. The molecular formula is C14H18ClP. The third kappa shape index (κ3) is 1.71. The van der Waals surface area contributed by atoms with Crippen molar-refractivity contribution < 1.29 is 0 Å². The van der Waals surface area contributed by atoms with Gasteiger partial charge in [0.1, 0.15) is 0 Å². The van der Waals surface area contributed by atoms with Gasteiger partial charge < -0.3 is 0 Å². The van der Waals surface area contributed by atoms with Crippen LogP contribution in [0.2, 0.25) is 5.02 Å². The van der Waals surface area contributed by atoms with Gasteiger partial charge in [-0.3, -0.25) is 0 Å². The van der Waals surface area contributed by atoms with Crippen molar-refractivity contribution in [3.63, 3.8) is 0 Å². The molecule has 1 heterocycles. The van der Waals surface area contributed by atoms with Gasteiger partial charge in [0, 0.05) is 5.02 Å². The SMILES string of the molecule is CC1(C)CC[C@]2(Cc3ccc(Cl)cc3)PC12. The van der Waals surface area contributed by atoms with Crippen LogP contribution in [0, 0.1) is 5.41 Å². The predicted molar refractivity (Wildman–Crippen MR) is 73.0 cm³/mol. The van der Waals surface area contributed by atoms with Crippen LogP contribution in [0.3, 0.4) is 0 Å². The van der Waals surface area contributed by atoms with E-state index in [9.17, 15) is 0 Å². The third-order valence-electron chi connectivity index (χ3n) is 4.33. The molecule has 0 radical (unpaired) electrons. The zero-order valence-electron chi connectivity index (χ0n) is 9.89. The lowest BCUT2D eigenvalue weighted by Gasteiger charge is -2.17. The lowest BCUT2D eigenvalue weighted by Crippen LogP contribution is -2.18. The Bertz CT molecular complexity index is 409. The summed E-state index contributed by atoms with van der Waals surface area (Å²) in [5.74, 6) is 0. The van der Waals surface area contributed by atoms with E-state index < -0.39 is 0 Å². The van der Waals surface area contributed by atoms with Gasteiger partial charge in [0.2, 0.25) is 0 Å². The highest BCUT2D eigenvalue weighted by atomic mass is 35.5. The molecule has 3 rings (SSSR count). The van der Waals surface area contributed by atoms with Gasteiger partial charge in [-0.05, 0) is 53.2 Å². The van der Waals surface area contributed by atoms with E-state index in [1.165, 1.54) is 33.4 Å². The lowest BCUT2D eigenvalue weighted by atomic mass is 9.89. The molecule has 0 aromatic heterocycles. The first kappa shape index (κ1) is 11.1. The van der Waals surface area contributed by atoms with Gasteiger partial charge in [-0.2, -0.15) is 0 Å². The monoisotopic (exact) mass is 252 g/mol. The molecule has 1 aliphatic carbocycles. The quantitative estimate of drug-likeness (QED) is 0.680. The fraction of sp³-hybridized carbons (Fsp3) is 0.571. The number of hydrogen-bond acceptors (Lipinski definition) is 0. The molecule has 2 heteroatoms. The summed E-state index contributed by atoms with van der Waals surface area (Å²) in [5, 5.41) is 1.53. The normalized spacial score (nSPS) is 36.3. The smallest absolute Gasteiger partial charge is 0.0406 e. The molecule has 1 aromatic carbocycles. The maximum atomic E-state index is 5.92. The van der Waals surface area contributed by atoms with Crippen molar-refractivity contribution in [2.45, 2.75) is 43.9 Å². The summed E-state index contributed by atoms with van der Waals surface area (Å²) in [7, 11) is 1.20. The topological polar surface area (TPSA) is 0 Å². The lowest BCUT2D eigenvalue weighted by molar-refractivity contribution is 0.398. The van der Waals surface area contributed by atoms with Gasteiger partial charge in [-0.15, -0.1) is 8.58 Å². The molecule has 2 aliphatic rings. The molecule has 86 valence electrons. The van der Waals surface area contributed by atoms with Crippen molar-refractivity contribution >= 4 is 20.2 Å². The molecule has 0 N–H and O–H groups in total. The van der Waals surface area contributed by atoms with Crippen LogP contribution in [0.4, 0.5) is 0 Å². The summed E-state index contributed by atoms with van der Waals surface area (Å²) in [6.07, 6.45) is 4.13. The van der Waals surface area contributed by atoms with E-state index in [0.717, 1.165) is 10.7 Å². The van der Waals surface area contributed by atoms with Crippen LogP contribution in [0.25, 0.3) is 0 Å². The first-order valence-corrected chi connectivity index (χ1v) is 7.50. The van der Waals surface area contributed by atoms with Crippen molar-refractivity contribution in [2.24, 2.45) is 5.41 Å². The van der Waals surface area contributed by atoms with E-state index >= 15 is 0 Å². The highest BCUT2D eigenvalue weighted by Gasteiger charge is 2.64. The molecule has 16 heavy (non-hydrogen) atoms. The highest BCUT2D eigenvalue weighted by Crippen LogP contribution is 2.75. The second-order valence-corrected chi connectivity index (χ2v) is 8.32. The predicted octanol–water partition coefficient (Wildman–Crippen LogP) is 4.50. The Labute approximate surface area is 105 Å². The van der Waals surface area contributed by atoms with Crippen LogP contribution in [-0.4, -0.2) is 10.8 Å². The van der Waals surface area contributed by atoms with Crippen molar-refractivity contribution in [2.75, 3.05) is 0 Å². The molecular weight excluding hydrogens is 235 g/mol. The largest absolute Gasteiger partial charge is 0.110 e. The van der Waals surface area contributed by atoms with E-state index in [2.05, 4.69) is 26.0 Å². The molecule has 0 bridgehead atoms. The van der Waals surface area contributed by atoms with Crippen molar-refractivity contribution in [3.05, 3.63) is 34.9 Å². The molecule has 0 amide bonds. The van der Waals surface area contributed by atoms with E-state index in [0.29, 0.717) is 10.6 Å².